The molecule has 1 aromatic rings. The Balaban J connectivity index is 1.85. The summed E-state index contributed by atoms with van der Waals surface area (Å²) in [4.78, 5) is 0. The van der Waals surface area contributed by atoms with Gasteiger partial charge in [-0.15, -0.1) is 11.6 Å². The quantitative estimate of drug-likeness (QED) is 0.705. The van der Waals surface area contributed by atoms with Crippen LogP contribution >= 0.6 is 11.6 Å². The van der Waals surface area contributed by atoms with Gasteiger partial charge >= 0.3 is 0 Å². The molecule has 2 atom stereocenters. The summed E-state index contributed by atoms with van der Waals surface area (Å²) in [5, 5.41) is 4.58. The van der Waals surface area contributed by atoms with E-state index in [9.17, 15) is 0 Å². The highest BCUT2D eigenvalue weighted by Crippen LogP contribution is 2.33. The van der Waals surface area contributed by atoms with Crippen LogP contribution in [0.5, 0.6) is 0 Å². The van der Waals surface area contributed by atoms with E-state index < -0.39 is 0 Å². The minimum atomic E-state index is 0.420. The van der Waals surface area contributed by atoms with Gasteiger partial charge in [-0.25, -0.2) is 0 Å². The summed E-state index contributed by atoms with van der Waals surface area (Å²) in [6, 6.07) is 2.10. The molecule has 0 aliphatic heterocycles. The van der Waals surface area contributed by atoms with Gasteiger partial charge in [-0.1, -0.05) is 6.42 Å². The molecule has 0 amide bonds. The molecule has 2 nitrogen and oxygen atoms in total. The van der Waals surface area contributed by atoms with Gasteiger partial charge in [-0.05, 0) is 37.7 Å². The normalized spacial score (nSPS) is 27.0. The molecule has 1 aliphatic rings. The van der Waals surface area contributed by atoms with E-state index in [2.05, 4.69) is 11.2 Å². The maximum absolute atomic E-state index is 6.24. The zero-order valence-corrected chi connectivity index (χ0v) is 9.37. The highest BCUT2D eigenvalue weighted by atomic mass is 35.5. The van der Waals surface area contributed by atoms with Gasteiger partial charge in [0, 0.05) is 24.3 Å². The summed E-state index contributed by atoms with van der Waals surface area (Å²) in [5.74, 6) is 0.728. The predicted molar refractivity (Wildman–Crippen MR) is 58.5 cm³/mol. The molecule has 1 saturated carbocycles. The first kappa shape index (κ1) is 10.0. The summed E-state index contributed by atoms with van der Waals surface area (Å²) in [6.45, 7) is 0. The Labute approximate surface area is 90.3 Å². The van der Waals surface area contributed by atoms with Crippen molar-refractivity contribution in [1.82, 2.24) is 9.78 Å². The van der Waals surface area contributed by atoms with E-state index in [1.807, 2.05) is 17.9 Å². The minimum Gasteiger partial charge on any atom is -0.273 e. The summed E-state index contributed by atoms with van der Waals surface area (Å²) in [5.41, 5.74) is 1.32. The Morgan fingerprint density at radius 1 is 1.57 bits per heavy atom. The molecule has 0 saturated heterocycles. The monoisotopic (exact) mass is 212 g/mol. The van der Waals surface area contributed by atoms with Crippen LogP contribution in [0.3, 0.4) is 0 Å². The molecule has 2 unspecified atom stereocenters. The van der Waals surface area contributed by atoms with Crippen LogP contribution in [0.15, 0.2) is 12.3 Å². The molecule has 1 aromatic heterocycles. The lowest BCUT2D eigenvalue weighted by atomic mass is 10.0. The molecule has 0 N–H and O–H groups in total. The second-order valence-electron chi connectivity index (χ2n) is 4.19. The van der Waals surface area contributed by atoms with E-state index in [0.29, 0.717) is 5.38 Å². The van der Waals surface area contributed by atoms with Gasteiger partial charge in [0.05, 0.1) is 0 Å². The maximum Gasteiger partial charge on any atom is 0.0492 e. The first-order valence-corrected chi connectivity index (χ1v) is 5.82. The molecule has 78 valence electrons. The molecule has 1 fully saturated rings. The lowest BCUT2D eigenvalue weighted by Gasteiger charge is -2.12. The Morgan fingerprint density at radius 3 is 3.00 bits per heavy atom. The van der Waals surface area contributed by atoms with Crippen LogP contribution < -0.4 is 0 Å². The van der Waals surface area contributed by atoms with Crippen molar-refractivity contribution >= 4 is 11.6 Å². The van der Waals surface area contributed by atoms with Gasteiger partial charge in [0.25, 0.3) is 0 Å². The van der Waals surface area contributed by atoms with Crippen LogP contribution in [-0.4, -0.2) is 15.2 Å². The number of hydrogen-bond donors (Lipinski definition) is 0. The fourth-order valence-corrected chi connectivity index (χ4v) is 2.70. The second kappa shape index (κ2) is 4.35. The SMILES string of the molecule is Cn1nccc1CCC1CCCC1Cl. The lowest BCUT2D eigenvalue weighted by molar-refractivity contribution is 0.498. The fraction of sp³-hybridized carbons (Fsp3) is 0.727. The topological polar surface area (TPSA) is 17.8 Å². The average Bonchev–Trinajstić information content (AvgIpc) is 2.72. The van der Waals surface area contributed by atoms with Crippen molar-refractivity contribution < 1.29 is 0 Å². The van der Waals surface area contributed by atoms with Gasteiger partial charge in [0.1, 0.15) is 0 Å². The summed E-state index contributed by atoms with van der Waals surface area (Å²) in [6.07, 6.45) is 8.02. The van der Waals surface area contributed by atoms with Crippen LogP contribution in [0, 0.1) is 5.92 Å². The van der Waals surface area contributed by atoms with Crippen LogP contribution in [0.4, 0.5) is 0 Å². The molecule has 14 heavy (non-hydrogen) atoms. The zero-order valence-electron chi connectivity index (χ0n) is 8.62. The third-order valence-corrected chi connectivity index (χ3v) is 3.83. The Hall–Kier alpha value is -0.500. The average molecular weight is 213 g/mol. The van der Waals surface area contributed by atoms with Crippen LogP contribution in [0.2, 0.25) is 0 Å². The Bertz CT molecular complexity index is 295. The van der Waals surface area contributed by atoms with E-state index in [1.165, 1.54) is 31.4 Å². The minimum absolute atomic E-state index is 0.420. The zero-order chi connectivity index (χ0) is 9.97. The smallest absolute Gasteiger partial charge is 0.0492 e. The molecule has 0 bridgehead atoms. The van der Waals surface area contributed by atoms with Gasteiger partial charge in [0.2, 0.25) is 0 Å². The third-order valence-electron chi connectivity index (χ3n) is 3.26. The molecule has 2 rings (SSSR count). The van der Waals surface area contributed by atoms with Crippen molar-refractivity contribution in [1.29, 1.82) is 0 Å². The van der Waals surface area contributed by atoms with E-state index in [-0.39, 0.29) is 0 Å². The summed E-state index contributed by atoms with van der Waals surface area (Å²) < 4.78 is 1.96. The standard InChI is InChI=1S/C11H17ClN2/c1-14-10(7-8-13-14)6-5-9-3-2-4-11(9)12/h7-9,11H,2-6H2,1H3. The number of alkyl halides is 1. The van der Waals surface area contributed by atoms with Gasteiger partial charge in [-0.2, -0.15) is 5.10 Å². The van der Waals surface area contributed by atoms with Gasteiger partial charge < -0.3 is 0 Å². The van der Waals surface area contributed by atoms with Gasteiger partial charge in [-0.3, -0.25) is 4.68 Å². The van der Waals surface area contributed by atoms with Crippen LogP contribution in [0.25, 0.3) is 0 Å². The molecule has 0 spiro atoms. The molecule has 1 heterocycles. The summed E-state index contributed by atoms with van der Waals surface area (Å²) in [7, 11) is 2.00. The number of aryl methyl sites for hydroxylation is 2. The number of hydrogen-bond acceptors (Lipinski definition) is 1. The molecule has 1 aliphatic carbocycles. The van der Waals surface area contributed by atoms with E-state index in [0.717, 1.165) is 12.3 Å². The van der Waals surface area contributed by atoms with Gasteiger partial charge in [0.15, 0.2) is 0 Å². The molecular weight excluding hydrogens is 196 g/mol. The van der Waals surface area contributed by atoms with E-state index >= 15 is 0 Å². The van der Waals surface area contributed by atoms with Crippen LogP contribution in [0.1, 0.15) is 31.4 Å². The first-order valence-electron chi connectivity index (χ1n) is 5.38. The molecule has 0 radical (unpaired) electrons. The molecular formula is C11H17ClN2. The molecule has 0 aromatic carbocycles. The highest BCUT2D eigenvalue weighted by molar-refractivity contribution is 6.20. The van der Waals surface area contributed by atoms with Crippen molar-refractivity contribution in [2.24, 2.45) is 13.0 Å². The van der Waals surface area contributed by atoms with Crippen molar-refractivity contribution in [3.05, 3.63) is 18.0 Å². The second-order valence-corrected chi connectivity index (χ2v) is 4.75. The Kier molecular flexibility index (Phi) is 3.12. The maximum atomic E-state index is 6.24. The number of rotatable bonds is 3. The predicted octanol–water partition coefficient (Wildman–Crippen LogP) is 2.76. The number of nitrogens with zero attached hydrogens (tertiary/aromatic N) is 2. The Morgan fingerprint density at radius 2 is 2.43 bits per heavy atom. The first-order chi connectivity index (χ1) is 6.77. The van der Waals surface area contributed by atoms with E-state index in [1.54, 1.807) is 0 Å². The van der Waals surface area contributed by atoms with Crippen molar-refractivity contribution in [2.45, 2.75) is 37.5 Å². The van der Waals surface area contributed by atoms with Crippen LogP contribution in [-0.2, 0) is 13.5 Å². The highest BCUT2D eigenvalue weighted by Gasteiger charge is 2.24. The van der Waals surface area contributed by atoms with E-state index in [4.69, 9.17) is 11.6 Å². The largest absolute Gasteiger partial charge is 0.273 e. The molecule has 3 heteroatoms. The number of halogens is 1. The van der Waals surface area contributed by atoms with Crippen molar-refractivity contribution in [3.8, 4) is 0 Å². The fourth-order valence-electron chi connectivity index (χ4n) is 2.30. The number of aromatic nitrogens is 2. The third kappa shape index (κ3) is 2.11. The van der Waals surface area contributed by atoms with Crippen molar-refractivity contribution in [2.75, 3.05) is 0 Å². The van der Waals surface area contributed by atoms with Crippen molar-refractivity contribution in [3.63, 3.8) is 0 Å². The summed E-state index contributed by atoms with van der Waals surface area (Å²) >= 11 is 6.24. The lowest BCUT2D eigenvalue weighted by Crippen LogP contribution is -2.09.